The van der Waals surface area contributed by atoms with Gasteiger partial charge in [0.1, 0.15) is 12.0 Å². The van der Waals surface area contributed by atoms with E-state index < -0.39 is 4.92 Å². The van der Waals surface area contributed by atoms with E-state index in [1.165, 1.54) is 12.3 Å². The fourth-order valence-electron chi connectivity index (χ4n) is 3.00. The van der Waals surface area contributed by atoms with E-state index in [1.807, 2.05) is 36.1 Å². The molecule has 130 valence electrons. The van der Waals surface area contributed by atoms with Crippen molar-refractivity contribution in [2.24, 2.45) is 0 Å². The van der Waals surface area contributed by atoms with Crippen LogP contribution in [0.1, 0.15) is 17.5 Å². The number of nitro groups is 1. The molecule has 1 N–H and O–H groups in total. The number of pyridine rings is 1. The SMILES string of the molecule is Cc1cccc(CC(=O)N2CC[C@H](Nc3ccc([N+](=O)[O-])cn3)C2)c1. The molecule has 1 saturated heterocycles. The number of hydrogen-bond acceptors (Lipinski definition) is 5. The van der Waals surface area contributed by atoms with E-state index in [-0.39, 0.29) is 17.6 Å². The van der Waals surface area contributed by atoms with Crippen molar-refractivity contribution in [3.63, 3.8) is 0 Å². The quantitative estimate of drug-likeness (QED) is 0.667. The topological polar surface area (TPSA) is 88.4 Å². The zero-order valence-corrected chi connectivity index (χ0v) is 14.0. The standard InChI is InChI=1S/C18H20N4O3/c1-13-3-2-4-14(9-13)10-18(23)21-8-7-15(12-21)20-17-6-5-16(11-19-17)22(24)25/h2-6,9,11,15H,7-8,10,12H2,1H3,(H,19,20)/t15-/m0/s1. The molecule has 0 saturated carbocycles. The summed E-state index contributed by atoms with van der Waals surface area (Å²) in [6.07, 6.45) is 2.47. The van der Waals surface area contributed by atoms with Crippen LogP contribution >= 0.6 is 0 Å². The molecule has 0 aliphatic carbocycles. The van der Waals surface area contributed by atoms with Gasteiger partial charge in [-0.1, -0.05) is 29.8 Å². The molecule has 1 aromatic carbocycles. The van der Waals surface area contributed by atoms with Gasteiger partial charge in [0, 0.05) is 25.2 Å². The molecule has 7 heteroatoms. The largest absolute Gasteiger partial charge is 0.365 e. The van der Waals surface area contributed by atoms with Crippen LogP contribution in [0.4, 0.5) is 11.5 Å². The number of hydrogen-bond donors (Lipinski definition) is 1. The summed E-state index contributed by atoms with van der Waals surface area (Å²) in [5.41, 5.74) is 2.14. The highest BCUT2D eigenvalue weighted by Crippen LogP contribution is 2.18. The number of amides is 1. The number of nitrogens with zero attached hydrogens (tertiary/aromatic N) is 3. The summed E-state index contributed by atoms with van der Waals surface area (Å²) in [6, 6.07) is 11.1. The minimum absolute atomic E-state index is 0.0352. The van der Waals surface area contributed by atoms with Gasteiger partial charge < -0.3 is 10.2 Å². The van der Waals surface area contributed by atoms with E-state index in [1.54, 1.807) is 6.07 Å². The second kappa shape index (κ2) is 7.29. The minimum Gasteiger partial charge on any atom is -0.365 e. The first-order chi connectivity index (χ1) is 12.0. The molecule has 1 fully saturated rings. The summed E-state index contributed by atoms with van der Waals surface area (Å²) in [7, 11) is 0. The van der Waals surface area contributed by atoms with Crippen molar-refractivity contribution in [1.82, 2.24) is 9.88 Å². The van der Waals surface area contributed by atoms with Crippen molar-refractivity contribution >= 4 is 17.4 Å². The van der Waals surface area contributed by atoms with E-state index >= 15 is 0 Å². The summed E-state index contributed by atoms with van der Waals surface area (Å²) in [5.74, 6) is 0.704. The van der Waals surface area contributed by atoms with Crippen LogP contribution in [0.15, 0.2) is 42.6 Å². The molecule has 1 aliphatic heterocycles. The molecule has 25 heavy (non-hydrogen) atoms. The molecule has 1 atom stereocenters. The Kier molecular flexibility index (Phi) is 4.92. The maximum atomic E-state index is 12.5. The van der Waals surface area contributed by atoms with E-state index in [0.29, 0.717) is 25.3 Å². The Balaban J connectivity index is 1.54. The maximum Gasteiger partial charge on any atom is 0.287 e. The van der Waals surface area contributed by atoms with Crippen LogP contribution in [0.25, 0.3) is 0 Å². The number of aromatic nitrogens is 1. The van der Waals surface area contributed by atoms with Gasteiger partial charge in [-0.2, -0.15) is 0 Å². The maximum absolute atomic E-state index is 12.5. The van der Waals surface area contributed by atoms with Crippen LogP contribution < -0.4 is 5.32 Å². The Bertz CT molecular complexity index is 776. The molecular formula is C18H20N4O3. The average molecular weight is 340 g/mol. The second-order valence-electron chi connectivity index (χ2n) is 6.29. The van der Waals surface area contributed by atoms with E-state index in [4.69, 9.17) is 0 Å². The summed E-state index contributed by atoms with van der Waals surface area (Å²) in [6.45, 7) is 3.33. The van der Waals surface area contributed by atoms with E-state index in [0.717, 1.165) is 17.5 Å². The number of likely N-dealkylation sites (tertiary alicyclic amines) is 1. The third-order valence-electron chi connectivity index (χ3n) is 4.29. The minimum atomic E-state index is -0.474. The Morgan fingerprint density at radius 1 is 1.40 bits per heavy atom. The van der Waals surface area contributed by atoms with Crippen molar-refractivity contribution in [2.75, 3.05) is 18.4 Å². The lowest BCUT2D eigenvalue weighted by molar-refractivity contribution is -0.385. The molecule has 0 radical (unpaired) electrons. The van der Waals surface area contributed by atoms with Gasteiger partial charge in [-0.05, 0) is 25.0 Å². The summed E-state index contributed by atoms with van der Waals surface area (Å²) in [4.78, 5) is 28.5. The number of benzene rings is 1. The molecule has 7 nitrogen and oxygen atoms in total. The molecule has 0 bridgehead atoms. The zero-order valence-electron chi connectivity index (χ0n) is 14.0. The molecular weight excluding hydrogens is 320 g/mol. The zero-order chi connectivity index (χ0) is 17.8. The molecule has 3 rings (SSSR count). The van der Waals surface area contributed by atoms with Crippen LogP contribution in [0, 0.1) is 17.0 Å². The first kappa shape index (κ1) is 16.9. The lowest BCUT2D eigenvalue weighted by atomic mass is 10.1. The number of carbonyl (C=O) groups excluding carboxylic acids is 1. The fourth-order valence-corrected chi connectivity index (χ4v) is 3.00. The van der Waals surface area contributed by atoms with Gasteiger partial charge in [-0.25, -0.2) is 4.98 Å². The van der Waals surface area contributed by atoms with Gasteiger partial charge in [0.05, 0.1) is 11.3 Å². The first-order valence-corrected chi connectivity index (χ1v) is 8.21. The first-order valence-electron chi connectivity index (χ1n) is 8.21. The smallest absolute Gasteiger partial charge is 0.287 e. The van der Waals surface area contributed by atoms with Gasteiger partial charge in [0.2, 0.25) is 5.91 Å². The van der Waals surface area contributed by atoms with Crippen molar-refractivity contribution in [3.05, 3.63) is 63.8 Å². The lowest BCUT2D eigenvalue weighted by Crippen LogP contribution is -2.32. The molecule has 2 aromatic rings. The summed E-state index contributed by atoms with van der Waals surface area (Å²) >= 11 is 0. The number of nitrogens with one attached hydrogen (secondary N) is 1. The van der Waals surface area contributed by atoms with Crippen LogP contribution in [0.2, 0.25) is 0 Å². The van der Waals surface area contributed by atoms with Gasteiger partial charge >= 0.3 is 0 Å². The van der Waals surface area contributed by atoms with Crippen molar-refractivity contribution in [3.8, 4) is 0 Å². The Morgan fingerprint density at radius 3 is 2.92 bits per heavy atom. The fraction of sp³-hybridized carbons (Fsp3) is 0.333. The third-order valence-corrected chi connectivity index (χ3v) is 4.29. The lowest BCUT2D eigenvalue weighted by Gasteiger charge is -2.17. The van der Waals surface area contributed by atoms with Crippen molar-refractivity contribution in [2.45, 2.75) is 25.8 Å². The average Bonchev–Trinajstić information content (AvgIpc) is 3.04. The summed E-state index contributed by atoms with van der Waals surface area (Å²) in [5, 5.41) is 13.9. The van der Waals surface area contributed by atoms with Crippen LogP contribution in [-0.2, 0) is 11.2 Å². The van der Waals surface area contributed by atoms with E-state index in [2.05, 4.69) is 10.3 Å². The highest BCUT2D eigenvalue weighted by molar-refractivity contribution is 5.79. The highest BCUT2D eigenvalue weighted by atomic mass is 16.6. The number of rotatable bonds is 5. The Morgan fingerprint density at radius 2 is 2.24 bits per heavy atom. The van der Waals surface area contributed by atoms with Crippen LogP contribution in [0.5, 0.6) is 0 Å². The highest BCUT2D eigenvalue weighted by Gasteiger charge is 2.26. The monoisotopic (exact) mass is 340 g/mol. The number of carbonyl (C=O) groups is 1. The van der Waals surface area contributed by atoms with E-state index in [9.17, 15) is 14.9 Å². The van der Waals surface area contributed by atoms with Crippen molar-refractivity contribution in [1.29, 1.82) is 0 Å². The summed E-state index contributed by atoms with van der Waals surface area (Å²) < 4.78 is 0. The number of anilines is 1. The molecule has 0 spiro atoms. The number of aryl methyl sites for hydroxylation is 1. The molecule has 1 amide bonds. The second-order valence-corrected chi connectivity index (χ2v) is 6.29. The van der Waals surface area contributed by atoms with Crippen molar-refractivity contribution < 1.29 is 9.72 Å². The Hall–Kier alpha value is -2.96. The van der Waals surface area contributed by atoms with Crippen LogP contribution in [0.3, 0.4) is 0 Å². The van der Waals surface area contributed by atoms with Gasteiger partial charge in [-0.15, -0.1) is 0 Å². The molecule has 1 aromatic heterocycles. The van der Waals surface area contributed by atoms with Crippen LogP contribution in [-0.4, -0.2) is 39.8 Å². The Labute approximate surface area is 145 Å². The predicted molar refractivity (Wildman–Crippen MR) is 94.4 cm³/mol. The van der Waals surface area contributed by atoms with Gasteiger partial charge in [0.15, 0.2) is 0 Å². The normalized spacial score (nSPS) is 16.7. The molecule has 0 unspecified atom stereocenters. The third kappa shape index (κ3) is 4.32. The molecule has 2 heterocycles. The predicted octanol–water partition coefficient (Wildman–Crippen LogP) is 2.55. The van der Waals surface area contributed by atoms with Gasteiger partial charge in [-0.3, -0.25) is 14.9 Å². The molecule has 1 aliphatic rings. The van der Waals surface area contributed by atoms with Gasteiger partial charge in [0.25, 0.3) is 5.69 Å².